The Balaban J connectivity index is 2.37. The first kappa shape index (κ1) is 12.8. The molecule has 0 spiro atoms. The molecular weight excluding hydrogens is 296 g/mol. The molecule has 2 rings (SSSR count). The third-order valence-corrected chi connectivity index (χ3v) is 3.05. The van der Waals surface area contributed by atoms with Crippen LogP contribution in [-0.4, -0.2) is 22.2 Å². The van der Waals surface area contributed by atoms with Gasteiger partial charge in [0, 0.05) is 18.5 Å². The molecule has 0 atom stereocenters. The van der Waals surface area contributed by atoms with Gasteiger partial charge in [0.15, 0.2) is 5.78 Å². The molecule has 94 valence electrons. The minimum absolute atomic E-state index is 0.0110. The molecule has 5 heteroatoms. The first-order valence-corrected chi connectivity index (χ1v) is 6.29. The van der Waals surface area contributed by atoms with Crippen LogP contribution in [0.3, 0.4) is 0 Å². The SMILES string of the molecule is CC(=O)COc1cc(-n2cccn2)c(C)cc1Br. The van der Waals surface area contributed by atoms with Gasteiger partial charge in [-0.15, -0.1) is 0 Å². The van der Waals surface area contributed by atoms with Crippen LogP contribution >= 0.6 is 15.9 Å². The van der Waals surface area contributed by atoms with Gasteiger partial charge in [0.2, 0.25) is 0 Å². The van der Waals surface area contributed by atoms with E-state index in [1.807, 2.05) is 31.3 Å². The van der Waals surface area contributed by atoms with E-state index in [9.17, 15) is 4.79 Å². The molecule has 0 saturated carbocycles. The van der Waals surface area contributed by atoms with Gasteiger partial charge in [-0.25, -0.2) is 4.68 Å². The second-order valence-electron chi connectivity index (χ2n) is 4.01. The van der Waals surface area contributed by atoms with E-state index < -0.39 is 0 Å². The van der Waals surface area contributed by atoms with Gasteiger partial charge in [0.25, 0.3) is 0 Å². The molecule has 2 aromatic rings. The predicted molar refractivity (Wildman–Crippen MR) is 72.2 cm³/mol. The average molecular weight is 309 g/mol. The topological polar surface area (TPSA) is 44.1 Å². The first-order valence-electron chi connectivity index (χ1n) is 5.50. The van der Waals surface area contributed by atoms with Crippen molar-refractivity contribution in [2.75, 3.05) is 6.61 Å². The van der Waals surface area contributed by atoms with E-state index in [4.69, 9.17) is 4.74 Å². The smallest absolute Gasteiger partial charge is 0.167 e. The van der Waals surface area contributed by atoms with Crippen molar-refractivity contribution in [2.45, 2.75) is 13.8 Å². The summed E-state index contributed by atoms with van der Waals surface area (Å²) in [6, 6.07) is 5.68. The lowest BCUT2D eigenvalue weighted by molar-refractivity contribution is -0.118. The summed E-state index contributed by atoms with van der Waals surface area (Å²) in [5.74, 6) is 0.629. The highest BCUT2D eigenvalue weighted by atomic mass is 79.9. The summed E-state index contributed by atoms with van der Waals surface area (Å²) < 4.78 is 8.05. The molecule has 0 radical (unpaired) electrons. The molecule has 0 saturated heterocycles. The quantitative estimate of drug-likeness (QED) is 0.872. The van der Waals surface area contributed by atoms with Crippen molar-refractivity contribution in [1.29, 1.82) is 0 Å². The zero-order chi connectivity index (χ0) is 13.1. The minimum atomic E-state index is -0.0110. The number of hydrogen-bond donors (Lipinski definition) is 0. The highest BCUT2D eigenvalue weighted by Gasteiger charge is 2.09. The summed E-state index contributed by atoms with van der Waals surface area (Å²) in [4.78, 5) is 11.0. The van der Waals surface area contributed by atoms with Crippen molar-refractivity contribution < 1.29 is 9.53 Å². The van der Waals surface area contributed by atoms with Gasteiger partial charge < -0.3 is 4.74 Å². The number of hydrogen-bond acceptors (Lipinski definition) is 3. The number of carbonyl (C=O) groups is 1. The van der Waals surface area contributed by atoms with Gasteiger partial charge in [0.05, 0.1) is 10.2 Å². The molecule has 0 amide bonds. The fourth-order valence-electron chi connectivity index (χ4n) is 1.59. The molecule has 0 fully saturated rings. The Morgan fingerprint density at radius 2 is 2.28 bits per heavy atom. The van der Waals surface area contributed by atoms with Gasteiger partial charge in [-0.2, -0.15) is 5.10 Å². The number of ether oxygens (including phenoxy) is 1. The van der Waals surface area contributed by atoms with Crippen LogP contribution in [0.1, 0.15) is 12.5 Å². The van der Waals surface area contributed by atoms with Crippen LogP contribution in [0.4, 0.5) is 0 Å². The number of Topliss-reactive ketones (excluding diaryl/α,β-unsaturated/α-hetero) is 1. The Kier molecular flexibility index (Phi) is 3.81. The second-order valence-corrected chi connectivity index (χ2v) is 4.86. The van der Waals surface area contributed by atoms with Crippen molar-refractivity contribution in [2.24, 2.45) is 0 Å². The van der Waals surface area contributed by atoms with E-state index in [-0.39, 0.29) is 12.4 Å². The van der Waals surface area contributed by atoms with Crippen LogP contribution < -0.4 is 4.74 Å². The van der Waals surface area contributed by atoms with E-state index in [1.165, 1.54) is 6.92 Å². The van der Waals surface area contributed by atoms with Gasteiger partial charge in [-0.1, -0.05) is 0 Å². The number of aromatic nitrogens is 2. The van der Waals surface area contributed by atoms with Crippen LogP contribution in [0.5, 0.6) is 5.75 Å². The maximum absolute atomic E-state index is 11.0. The Hall–Kier alpha value is -1.62. The lowest BCUT2D eigenvalue weighted by Gasteiger charge is -2.12. The van der Waals surface area contributed by atoms with Gasteiger partial charge in [-0.05, 0) is 47.5 Å². The van der Waals surface area contributed by atoms with E-state index in [0.29, 0.717) is 5.75 Å². The van der Waals surface area contributed by atoms with Crippen LogP contribution in [0.2, 0.25) is 0 Å². The lowest BCUT2D eigenvalue weighted by Crippen LogP contribution is -2.08. The molecule has 0 aliphatic rings. The number of benzene rings is 1. The van der Waals surface area contributed by atoms with Crippen molar-refractivity contribution in [3.63, 3.8) is 0 Å². The summed E-state index contributed by atoms with van der Waals surface area (Å²) in [7, 11) is 0. The van der Waals surface area contributed by atoms with Crippen molar-refractivity contribution in [3.8, 4) is 11.4 Å². The van der Waals surface area contributed by atoms with Crippen LogP contribution in [-0.2, 0) is 4.79 Å². The molecule has 0 aliphatic carbocycles. The fourth-order valence-corrected chi connectivity index (χ4v) is 2.16. The zero-order valence-electron chi connectivity index (χ0n) is 10.2. The predicted octanol–water partition coefficient (Wildman–Crippen LogP) is 2.91. The molecule has 0 N–H and O–H groups in total. The lowest BCUT2D eigenvalue weighted by atomic mass is 10.2. The third kappa shape index (κ3) is 2.79. The largest absolute Gasteiger partial charge is 0.485 e. The monoisotopic (exact) mass is 308 g/mol. The minimum Gasteiger partial charge on any atom is -0.485 e. The first-order chi connectivity index (χ1) is 8.58. The molecule has 0 unspecified atom stereocenters. The molecule has 4 nitrogen and oxygen atoms in total. The van der Waals surface area contributed by atoms with Crippen LogP contribution in [0, 0.1) is 6.92 Å². The fraction of sp³-hybridized carbons (Fsp3) is 0.231. The summed E-state index contributed by atoms with van der Waals surface area (Å²) in [6.45, 7) is 3.56. The summed E-state index contributed by atoms with van der Waals surface area (Å²) >= 11 is 3.43. The number of nitrogens with zero attached hydrogens (tertiary/aromatic N) is 2. The molecule has 0 aliphatic heterocycles. The summed E-state index contributed by atoms with van der Waals surface area (Å²) in [5.41, 5.74) is 2.00. The van der Waals surface area contributed by atoms with Crippen LogP contribution in [0.25, 0.3) is 5.69 Å². The van der Waals surface area contributed by atoms with Crippen molar-refractivity contribution in [3.05, 3.63) is 40.6 Å². The molecule has 0 bridgehead atoms. The van der Waals surface area contributed by atoms with Gasteiger partial charge >= 0.3 is 0 Å². The van der Waals surface area contributed by atoms with E-state index in [0.717, 1.165) is 15.7 Å². The maximum atomic E-state index is 11.0. The van der Waals surface area contributed by atoms with Crippen molar-refractivity contribution in [1.82, 2.24) is 9.78 Å². The highest BCUT2D eigenvalue weighted by molar-refractivity contribution is 9.10. The molecule has 1 aromatic heterocycles. The van der Waals surface area contributed by atoms with Gasteiger partial charge in [-0.3, -0.25) is 4.79 Å². The Morgan fingerprint density at radius 3 is 2.89 bits per heavy atom. The molecule has 1 heterocycles. The molecular formula is C13H13BrN2O2. The average Bonchev–Trinajstić information content (AvgIpc) is 2.81. The Labute approximate surface area is 114 Å². The van der Waals surface area contributed by atoms with E-state index in [1.54, 1.807) is 10.9 Å². The number of carbonyl (C=O) groups excluding carboxylic acids is 1. The van der Waals surface area contributed by atoms with Crippen LogP contribution in [0.15, 0.2) is 35.1 Å². The maximum Gasteiger partial charge on any atom is 0.167 e. The summed E-state index contributed by atoms with van der Waals surface area (Å²) in [5, 5.41) is 4.19. The van der Waals surface area contributed by atoms with Gasteiger partial charge in [0.1, 0.15) is 12.4 Å². The molecule has 18 heavy (non-hydrogen) atoms. The number of halogens is 1. The van der Waals surface area contributed by atoms with E-state index >= 15 is 0 Å². The zero-order valence-corrected chi connectivity index (χ0v) is 11.8. The Bertz CT molecular complexity index is 565. The Morgan fingerprint density at radius 1 is 1.50 bits per heavy atom. The number of ketones is 1. The number of rotatable bonds is 4. The summed E-state index contributed by atoms with van der Waals surface area (Å²) in [6.07, 6.45) is 3.59. The standard InChI is InChI=1S/C13H13BrN2O2/c1-9-6-11(14)13(18-8-10(2)17)7-12(9)16-5-3-4-15-16/h3-7H,8H2,1-2H3. The number of aryl methyl sites for hydroxylation is 1. The second kappa shape index (κ2) is 5.35. The van der Waals surface area contributed by atoms with Crippen molar-refractivity contribution >= 4 is 21.7 Å². The third-order valence-electron chi connectivity index (χ3n) is 2.43. The normalized spacial score (nSPS) is 10.4. The van der Waals surface area contributed by atoms with E-state index in [2.05, 4.69) is 21.0 Å². The molecule has 1 aromatic carbocycles. The highest BCUT2D eigenvalue weighted by Crippen LogP contribution is 2.30.